The van der Waals surface area contributed by atoms with Gasteiger partial charge in [0.1, 0.15) is 12.2 Å². The first-order chi connectivity index (χ1) is 14.0. The van der Waals surface area contributed by atoms with E-state index in [0.717, 1.165) is 32.1 Å². The van der Waals surface area contributed by atoms with Gasteiger partial charge in [-0.1, -0.05) is 0 Å². The molecule has 4 atom stereocenters. The maximum Gasteiger partial charge on any atom is 0.237 e. The third kappa shape index (κ3) is 3.46. The molecule has 2 N–H and O–H groups in total. The fourth-order valence-corrected chi connectivity index (χ4v) is 6.76. The molecule has 0 radical (unpaired) electrons. The topological polar surface area (TPSA) is 93.9 Å². The highest BCUT2D eigenvalue weighted by Crippen LogP contribution is 2.58. The Bertz CT molecular complexity index is 812. The van der Waals surface area contributed by atoms with Gasteiger partial charge in [-0.25, -0.2) is 14.4 Å². The number of hydrogen-bond donors (Lipinski definition) is 2. The van der Waals surface area contributed by atoms with Crippen molar-refractivity contribution in [1.82, 2.24) is 20.2 Å². The summed E-state index contributed by atoms with van der Waals surface area (Å²) in [5.41, 5.74) is -0.118. The highest BCUT2D eigenvalue weighted by atomic mass is 19.1. The molecule has 5 fully saturated rings. The predicted molar refractivity (Wildman–Crippen MR) is 104 cm³/mol. The molecule has 4 bridgehead atoms. The van der Waals surface area contributed by atoms with E-state index in [9.17, 15) is 14.4 Å². The van der Waals surface area contributed by atoms with Gasteiger partial charge in [0.15, 0.2) is 0 Å². The average molecular weight is 398 g/mol. The summed E-state index contributed by atoms with van der Waals surface area (Å²) in [7, 11) is 0. The third-order valence-electron chi connectivity index (χ3n) is 7.34. The molecule has 4 saturated carbocycles. The van der Waals surface area contributed by atoms with Crippen molar-refractivity contribution in [2.24, 2.45) is 11.8 Å². The molecule has 1 amide bonds. The summed E-state index contributed by atoms with van der Waals surface area (Å²) in [5, 5.41) is 16.4. The summed E-state index contributed by atoms with van der Waals surface area (Å²) in [5.74, 6) is 1.76. The van der Waals surface area contributed by atoms with Crippen LogP contribution in [0.15, 0.2) is 18.5 Å². The number of likely N-dealkylation sites (tertiary alicyclic amines) is 1. The van der Waals surface area contributed by atoms with E-state index < -0.39 is 12.2 Å². The fraction of sp³-hybridized carbons (Fsp3) is 0.714. The maximum atomic E-state index is 13.7. The van der Waals surface area contributed by atoms with E-state index in [2.05, 4.69) is 26.7 Å². The van der Waals surface area contributed by atoms with Crippen molar-refractivity contribution in [3.05, 3.63) is 18.5 Å². The highest BCUT2D eigenvalue weighted by Gasteiger charge is 2.58. The van der Waals surface area contributed by atoms with Crippen molar-refractivity contribution in [3.63, 3.8) is 0 Å². The Labute approximate surface area is 170 Å². The van der Waals surface area contributed by atoms with Crippen LogP contribution in [0.25, 0.3) is 0 Å². The Morgan fingerprint density at radius 1 is 1.21 bits per heavy atom. The van der Waals surface area contributed by atoms with Crippen molar-refractivity contribution in [1.29, 1.82) is 5.26 Å². The van der Waals surface area contributed by atoms with E-state index in [1.54, 1.807) is 12.4 Å². The summed E-state index contributed by atoms with van der Waals surface area (Å²) in [4.78, 5) is 22.9. The monoisotopic (exact) mass is 398 g/mol. The number of halogens is 1. The molecule has 0 aromatic carbocycles. The van der Waals surface area contributed by atoms with Crippen molar-refractivity contribution in [2.75, 3.05) is 18.4 Å². The maximum absolute atomic E-state index is 13.7. The summed E-state index contributed by atoms with van der Waals surface area (Å²) in [6.45, 7) is 0.204. The molecule has 2 heterocycles. The second kappa shape index (κ2) is 6.91. The van der Waals surface area contributed by atoms with E-state index in [1.165, 1.54) is 11.3 Å². The second-order valence-corrected chi connectivity index (χ2v) is 9.60. The lowest BCUT2D eigenvalue weighted by molar-refractivity contribution is -0.131. The van der Waals surface area contributed by atoms with Crippen LogP contribution in [0.3, 0.4) is 0 Å². The Hall–Kier alpha value is -2.27. The van der Waals surface area contributed by atoms with Crippen molar-refractivity contribution >= 4 is 11.9 Å². The first-order valence-corrected chi connectivity index (χ1v) is 10.6. The number of nitrogens with one attached hydrogen (secondary N) is 2. The van der Waals surface area contributed by atoms with Gasteiger partial charge >= 0.3 is 0 Å². The van der Waals surface area contributed by atoms with Gasteiger partial charge in [0.25, 0.3) is 0 Å². The molecule has 0 spiro atoms. The Morgan fingerprint density at radius 3 is 2.59 bits per heavy atom. The number of carbonyl (C=O) groups is 1. The first-order valence-electron chi connectivity index (χ1n) is 10.6. The van der Waals surface area contributed by atoms with Gasteiger partial charge in [0.05, 0.1) is 19.2 Å². The Morgan fingerprint density at radius 2 is 1.90 bits per heavy atom. The van der Waals surface area contributed by atoms with Crippen molar-refractivity contribution in [2.45, 2.75) is 68.2 Å². The van der Waals surface area contributed by atoms with Gasteiger partial charge in [-0.05, 0) is 56.4 Å². The quantitative estimate of drug-likeness (QED) is 0.788. The number of amides is 1. The number of anilines is 1. The van der Waals surface area contributed by atoms with Crippen molar-refractivity contribution in [3.8, 4) is 6.07 Å². The molecule has 7 nitrogen and oxygen atoms in total. The van der Waals surface area contributed by atoms with Crippen LogP contribution >= 0.6 is 0 Å². The lowest BCUT2D eigenvalue weighted by Crippen LogP contribution is -2.67. The first kappa shape index (κ1) is 18.7. The van der Waals surface area contributed by atoms with Crippen LogP contribution in [0.4, 0.5) is 10.3 Å². The highest BCUT2D eigenvalue weighted by molar-refractivity contribution is 5.79. The van der Waals surface area contributed by atoms with Gasteiger partial charge in [-0.3, -0.25) is 4.79 Å². The summed E-state index contributed by atoms with van der Waals surface area (Å²) >= 11 is 0. The second-order valence-electron chi connectivity index (χ2n) is 9.60. The Kier molecular flexibility index (Phi) is 4.46. The average Bonchev–Trinajstić information content (AvgIpc) is 3.06. The molecular formula is C21H27FN6O. The SMILES string of the molecule is N#C[C@@H]1C[C@H](F)CN1C(=O)CNC12CC3CC(C1)CC(Nc1ncccn1)(C3)C2. The minimum Gasteiger partial charge on any atom is -0.349 e. The smallest absolute Gasteiger partial charge is 0.237 e. The predicted octanol–water partition coefficient (Wildman–Crippen LogP) is 2.03. The lowest BCUT2D eigenvalue weighted by atomic mass is 9.50. The summed E-state index contributed by atoms with van der Waals surface area (Å²) in [6.07, 6.45) is 9.10. The molecule has 1 aromatic heterocycles. The number of hydrogen-bond acceptors (Lipinski definition) is 6. The molecule has 154 valence electrons. The molecular weight excluding hydrogens is 371 g/mol. The summed E-state index contributed by atoms with van der Waals surface area (Å²) < 4.78 is 13.7. The molecule has 1 aromatic rings. The van der Waals surface area contributed by atoms with Crippen LogP contribution in [0.2, 0.25) is 0 Å². The van der Waals surface area contributed by atoms with E-state index >= 15 is 0 Å². The standard InChI is InChI=1S/C21H27FN6O/c22-16-5-17(10-23)28(12-16)18(29)11-26-20-6-14-4-15(7-20)9-21(8-14,13-20)27-19-24-2-1-3-25-19/h1-3,14-17,26H,4-9,11-13H2,(H,24,25,27)/t14?,15?,16-,17-,20?,21?/m0/s1. The normalized spacial score (nSPS) is 40.1. The van der Waals surface area contributed by atoms with E-state index in [1.807, 2.05) is 6.07 Å². The summed E-state index contributed by atoms with van der Waals surface area (Å²) in [6, 6.07) is 3.24. The fourth-order valence-electron chi connectivity index (χ4n) is 6.76. The number of nitrogens with zero attached hydrogens (tertiary/aromatic N) is 4. The van der Waals surface area contributed by atoms with Gasteiger partial charge in [0, 0.05) is 29.9 Å². The number of alkyl halides is 1. The zero-order valence-corrected chi connectivity index (χ0v) is 16.5. The van der Waals surface area contributed by atoms with E-state index in [4.69, 9.17) is 0 Å². The van der Waals surface area contributed by atoms with Crippen LogP contribution in [-0.4, -0.2) is 57.2 Å². The van der Waals surface area contributed by atoms with Gasteiger partial charge in [-0.2, -0.15) is 5.26 Å². The number of rotatable bonds is 5. The van der Waals surface area contributed by atoms with Gasteiger partial charge < -0.3 is 15.5 Å². The van der Waals surface area contributed by atoms with Gasteiger partial charge in [0.2, 0.25) is 11.9 Å². The zero-order chi connectivity index (χ0) is 20.1. The van der Waals surface area contributed by atoms with Crippen molar-refractivity contribution < 1.29 is 9.18 Å². The third-order valence-corrected chi connectivity index (χ3v) is 7.34. The van der Waals surface area contributed by atoms with Crippen LogP contribution in [-0.2, 0) is 4.79 Å². The van der Waals surface area contributed by atoms with Crippen LogP contribution in [0.5, 0.6) is 0 Å². The number of nitriles is 1. The molecule has 1 aliphatic heterocycles. The molecule has 4 aliphatic carbocycles. The lowest BCUT2D eigenvalue weighted by Gasteiger charge is -2.62. The molecule has 5 aliphatic rings. The van der Waals surface area contributed by atoms with Gasteiger partial charge in [-0.15, -0.1) is 0 Å². The van der Waals surface area contributed by atoms with E-state index in [0.29, 0.717) is 17.8 Å². The van der Waals surface area contributed by atoms with Crippen LogP contribution in [0, 0.1) is 23.2 Å². The van der Waals surface area contributed by atoms with Crippen LogP contribution < -0.4 is 10.6 Å². The van der Waals surface area contributed by atoms with Crippen LogP contribution in [0.1, 0.15) is 44.9 Å². The molecule has 29 heavy (non-hydrogen) atoms. The number of aromatic nitrogens is 2. The Balaban J connectivity index is 1.29. The molecule has 6 rings (SSSR count). The minimum atomic E-state index is -1.10. The minimum absolute atomic E-state index is 0.0334. The molecule has 8 heteroatoms. The van der Waals surface area contributed by atoms with E-state index in [-0.39, 0.29) is 36.5 Å². The molecule has 2 unspecified atom stereocenters. The number of carbonyl (C=O) groups excluding carboxylic acids is 1. The largest absolute Gasteiger partial charge is 0.349 e. The molecule has 1 saturated heterocycles. The zero-order valence-electron chi connectivity index (χ0n) is 16.5.